The summed E-state index contributed by atoms with van der Waals surface area (Å²) in [6, 6.07) is 0. The van der Waals surface area contributed by atoms with Crippen LogP contribution in [0.3, 0.4) is 0 Å². The molecule has 0 aromatic rings. The Kier molecular flexibility index (Phi) is 4.46. The lowest BCUT2D eigenvalue weighted by Crippen LogP contribution is -2.50. The van der Waals surface area contributed by atoms with Crippen molar-refractivity contribution in [2.45, 2.75) is 30.6 Å². The van der Waals surface area contributed by atoms with Crippen LogP contribution in [0.25, 0.3) is 0 Å². The first-order valence-corrected chi connectivity index (χ1v) is 3.46. The summed E-state index contributed by atoms with van der Waals surface area (Å²) >= 11 is 0. The third kappa shape index (κ3) is 3.22. The number of rotatable bonds is 4. The van der Waals surface area contributed by atoms with Crippen LogP contribution in [-0.4, -0.2) is 57.3 Å². The number of carbonyl (C=O) groups excluding carboxylic acids is 1. The van der Waals surface area contributed by atoms with Gasteiger partial charge in [-0.3, -0.25) is 0 Å². The minimum absolute atomic E-state index is 0.253. The lowest BCUT2D eigenvalue weighted by molar-refractivity contribution is -0.246. The first-order chi connectivity index (χ1) is 6.21. The maximum atomic E-state index is 11.7. The van der Waals surface area contributed by atoms with Crippen LogP contribution >= 0.6 is 0 Å². The van der Waals surface area contributed by atoms with Gasteiger partial charge in [-0.05, 0) is 0 Å². The van der Waals surface area contributed by atoms with Crippen LogP contribution in [0.2, 0.25) is 0 Å². The fourth-order valence-electron chi connectivity index (χ4n) is 0.663. The van der Waals surface area contributed by atoms with Gasteiger partial charge in [0.25, 0.3) is 0 Å². The fourth-order valence-corrected chi connectivity index (χ4v) is 0.663. The van der Waals surface area contributed by atoms with Crippen LogP contribution < -0.4 is 0 Å². The first kappa shape index (κ1) is 13.3. The lowest BCUT2D eigenvalue weighted by Gasteiger charge is -2.25. The molecule has 0 rings (SSSR count). The van der Waals surface area contributed by atoms with E-state index in [0.717, 1.165) is 0 Å². The zero-order valence-corrected chi connectivity index (χ0v) is 6.72. The van der Waals surface area contributed by atoms with Crippen LogP contribution in [0, 0.1) is 0 Å². The van der Waals surface area contributed by atoms with E-state index in [4.69, 9.17) is 20.4 Å². The Balaban J connectivity index is 4.46. The van der Waals surface area contributed by atoms with Crippen molar-refractivity contribution >= 4 is 6.29 Å². The summed E-state index contributed by atoms with van der Waals surface area (Å²) in [4.78, 5) is 9.84. The fraction of sp³-hybridized carbons (Fsp3) is 0.833. The third-order valence-electron chi connectivity index (χ3n) is 1.50. The smallest absolute Gasteiger partial charge is 0.387 e. The van der Waals surface area contributed by atoms with E-state index in [9.17, 15) is 18.0 Å². The van der Waals surface area contributed by atoms with Crippen molar-refractivity contribution in [1.29, 1.82) is 0 Å². The molecular weight excluding hydrogens is 209 g/mol. The van der Waals surface area contributed by atoms with Gasteiger partial charge >= 0.3 is 6.18 Å². The molecule has 4 atom stereocenters. The predicted octanol–water partition coefficient (Wildman–Crippen LogP) is -1.81. The number of halogens is 3. The van der Waals surface area contributed by atoms with Crippen LogP contribution in [0.5, 0.6) is 0 Å². The maximum Gasteiger partial charge on any atom is 0.417 e. The third-order valence-corrected chi connectivity index (χ3v) is 1.50. The Morgan fingerprint density at radius 2 is 1.43 bits per heavy atom. The molecule has 84 valence electrons. The average Bonchev–Trinajstić information content (AvgIpc) is 2.11. The molecule has 0 unspecified atom stereocenters. The largest absolute Gasteiger partial charge is 0.417 e. The van der Waals surface area contributed by atoms with Crippen molar-refractivity contribution in [2.24, 2.45) is 0 Å². The van der Waals surface area contributed by atoms with E-state index < -0.39 is 30.6 Å². The van der Waals surface area contributed by atoms with Gasteiger partial charge in [0.2, 0.25) is 0 Å². The molecule has 14 heavy (non-hydrogen) atoms. The quantitative estimate of drug-likeness (QED) is 0.417. The zero-order valence-electron chi connectivity index (χ0n) is 6.72. The van der Waals surface area contributed by atoms with Crippen LogP contribution in [0.1, 0.15) is 0 Å². The Bertz CT molecular complexity index is 194. The Morgan fingerprint density at radius 1 is 1.00 bits per heavy atom. The second-order valence-electron chi connectivity index (χ2n) is 2.59. The monoisotopic (exact) mass is 218 g/mol. The van der Waals surface area contributed by atoms with Gasteiger partial charge in [-0.2, -0.15) is 13.2 Å². The normalized spacial score (nSPS) is 21.1. The lowest BCUT2D eigenvalue weighted by atomic mass is 10.0. The predicted molar refractivity (Wildman–Crippen MR) is 36.1 cm³/mol. The van der Waals surface area contributed by atoms with Gasteiger partial charge in [0.15, 0.2) is 12.4 Å². The number of aldehydes is 1. The van der Waals surface area contributed by atoms with Crippen LogP contribution in [-0.2, 0) is 4.79 Å². The SMILES string of the molecule is O=C[C@@H](O)[C@@H](O)[C@H](O)[C@H](O)C(F)(F)F. The molecule has 0 aromatic carbocycles. The molecule has 8 heteroatoms. The highest BCUT2D eigenvalue weighted by Gasteiger charge is 2.46. The molecule has 0 saturated carbocycles. The van der Waals surface area contributed by atoms with Crippen LogP contribution in [0.4, 0.5) is 13.2 Å². The number of hydrogen-bond donors (Lipinski definition) is 4. The molecule has 0 amide bonds. The molecule has 0 aliphatic carbocycles. The molecule has 0 bridgehead atoms. The summed E-state index contributed by atoms with van der Waals surface area (Å²) in [6.45, 7) is 0. The van der Waals surface area contributed by atoms with E-state index in [-0.39, 0.29) is 6.29 Å². The summed E-state index contributed by atoms with van der Waals surface area (Å²) in [5.41, 5.74) is 0. The van der Waals surface area contributed by atoms with Gasteiger partial charge < -0.3 is 25.2 Å². The van der Waals surface area contributed by atoms with E-state index in [0.29, 0.717) is 0 Å². The molecule has 4 N–H and O–H groups in total. The van der Waals surface area contributed by atoms with E-state index in [1.54, 1.807) is 0 Å². The number of carbonyl (C=O) groups is 1. The number of alkyl halides is 3. The average molecular weight is 218 g/mol. The van der Waals surface area contributed by atoms with Crippen molar-refractivity contribution in [3.05, 3.63) is 0 Å². The first-order valence-electron chi connectivity index (χ1n) is 3.46. The minimum Gasteiger partial charge on any atom is -0.387 e. The minimum atomic E-state index is -5.14. The Hall–Kier alpha value is -0.700. The van der Waals surface area contributed by atoms with Crippen molar-refractivity contribution in [1.82, 2.24) is 0 Å². The molecule has 0 aliphatic rings. The van der Waals surface area contributed by atoms with Crippen molar-refractivity contribution in [3.8, 4) is 0 Å². The standard InChI is InChI=1S/C6H9F3O5/c7-6(8,9)5(14)4(13)3(12)2(11)1-10/h1-5,11-14H/t2-,3-,4+,5+/m1/s1. The molecule has 0 spiro atoms. The maximum absolute atomic E-state index is 11.7. The molecule has 0 heterocycles. The summed E-state index contributed by atoms with van der Waals surface area (Å²) in [6.07, 6.45) is -15.8. The zero-order chi connectivity index (χ0) is 11.5. The van der Waals surface area contributed by atoms with Crippen molar-refractivity contribution in [3.63, 3.8) is 0 Å². The topological polar surface area (TPSA) is 98.0 Å². The molecule has 5 nitrogen and oxygen atoms in total. The number of aliphatic hydroxyl groups is 4. The van der Waals surface area contributed by atoms with Crippen LogP contribution in [0.15, 0.2) is 0 Å². The summed E-state index contributed by atoms with van der Waals surface area (Å²) < 4.78 is 35.2. The van der Waals surface area contributed by atoms with Gasteiger partial charge in [0, 0.05) is 0 Å². The van der Waals surface area contributed by atoms with E-state index in [1.165, 1.54) is 0 Å². The summed E-state index contributed by atoms with van der Waals surface area (Å²) in [5.74, 6) is 0. The Labute approximate surface area is 76.4 Å². The molecule has 0 saturated heterocycles. The highest BCUT2D eigenvalue weighted by atomic mass is 19.4. The molecule has 0 aliphatic heterocycles. The van der Waals surface area contributed by atoms with E-state index >= 15 is 0 Å². The van der Waals surface area contributed by atoms with Gasteiger partial charge in [0.1, 0.15) is 18.3 Å². The number of aliphatic hydroxyl groups excluding tert-OH is 4. The molecular formula is C6H9F3O5. The number of hydrogen-bond acceptors (Lipinski definition) is 5. The summed E-state index contributed by atoms with van der Waals surface area (Å²) in [7, 11) is 0. The molecule has 0 radical (unpaired) electrons. The van der Waals surface area contributed by atoms with E-state index in [2.05, 4.69) is 0 Å². The second-order valence-corrected chi connectivity index (χ2v) is 2.59. The van der Waals surface area contributed by atoms with Gasteiger partial charge in [-0.25, -0.2) is 0 Å². The summed E-state index contributed by atoms with van der Waals surface area (Å²) in [5, 5.41) is 34.4. The highest BCUT2D eigenvalue weighted by Crippen LogP contribution is 2.24. The highest BCUT2D eigenvalue weighted by molar-refractivity contribution is 5.56. The molecule has 0 aromatic heterocycles. The van der Waals surface area contributed by atoms with Gasteiger partial charge in [0.05, 0.1) is 0 Å². The van der Waals surface area contributed by atoms with Crippen molar-refractivity contribution < 1.29 is 38.4 Å². The van der Waals surface area contributed by atoms with Crippen molar-refractivity contribution in [2.75, 3.05) is 0 Å². The second kappa shape index (κ2) is 4.69. The van der Waals surface area contributed by atoms with E-state index in [1.807, 2.05) is 0 Å². The Morgan fingerprint density at radius 3 is 1.71 bits per heavy atom. The van der Waals surface area contributed by atoms with Gasteiger partial charge in [-0.15, -0.1) is 0 Å². The van der Waals surface area contributed by atoms with Gasteiger partial charge in [-0.1, -0.05) is 0 Å². The molecule has 0 fully saturated rings.